The van der Waals surface area contributed by atoms with E-state index in [1.165, 1.54) is 16.3 Å². The van der Waals surface area contributed by atoms with Crippen LogP contribution in [0.2, 0.25) is 0 Å². The van der Waals surface area contributed by atoms with Gasteiger partial charge in [0.15, 0.2) is 11.5 Å². The summed E-state index contributed by atoms with van der Waals surface area (Å²) in [4.78, 5) is 13.8. The van der Waals surface area contributed by atoms with Crippen LogP contribution in [0.15, 0.2) is 108 Å². The third-order valence-corrected chi connectivity index (χ3v) is 8.54. The van der Waals surface area contributed by atoms with Crippen LogP contribution in [0.1, 0.15) is 25.0 Å². The summed E-state index contributed by atoms with van der Waals surface area (Å²) in [6.45, 7) is 4.32. The highest BCUT2D eigenvalue weighted by molar-refractivity contribution is 6.42. The van der Waals surface area contributed by atoms with Gasteiger partial charge in [0, 0.05) is 46.3 Å². The Hall–Kier alpha value is -4.70. The van der Waals surface area contributed by atoms with E-state index in [1.54, 1.807) is 0 Å². The van der Waals surface area contributed by atoms with E-state index in [0.29, 0.717) is 0 Å². The number of hydrogen-bond donors (Lipinski definition) is 0. The van der Waals surface area contributed by atoms with E-state index in [9.17, 15) is 9.90 Å². The van der Waals surface area contributed by atoms with Crippen molar-refractivity contribution in [2.24, 2.45) is 7.05 Å². The van der Waals surface area contributed by atoms with Crippen molar-refractivity contribution in [3.63, 3.8) is 0 Å². The highest BCUT2D eigenvalue weighted by Gasteiger charge is 2.45. The average molecular weight is 509 g/mol. The first-order valence-electron chi connectivity index (χ1n) is 13.3. The number of carbonyl (C=O) groups excluding carboxylic acids is 1. The minimum Gasteiger partial charge on any atom is -0.871 e. The van der Waals surface area contributed by atoms with Crippen LogP contribution in [0.25, 0.3) is 38.5 Å². The van der Waals surface area contributed by atoms with Crippen LogP contribution < -0.4 is 5.11 Å². The fourth-order valence-electron chi connectivity index (χ4n) is 6.56. The number of hydrogen-bond acceptors (Lipinski definition) is 2. The van der Waals surface area contributed by atoms with Crippen LogP contribution in [0.4, 0.5) is 5.69 Å². The molecule has 0 radical (unpaired) electrons. The van der Waals surface area contributed by atoms with E-state index in [1.807, 2.05) is 80.8 Å². The minimum atomic E-state index is -0.355. The molecule has 1 aliphatic heterocycles. The molecule has 0 fully saturated rings. The molecule has 0 saturated heterocycles. The average Bonchev–Trinajstić information content (AvgIpc) is 3.34. The van der Waals surface area contributed by atoms with E-state index < -0.39 is 0 Å². The van der Waals surface area contributed by atoms with Gasteiger partial charge >= 0.3 is 0 Å². The molecule has 0 atom stereocenters. The Kier molecular flexibility index (Phi) is 4.89. The number of aryl methyl sites for hydroxylation is 1. The molecule has 7 rings (SSSR count). The minimum absolute atomic E-state index is 0.189. The second-order valence-electron chi connectivity index (χ2n) is 11.0. The summed E-state index contributed by atoms with van der Waals surface area (Å²) < 4.78 is 4.23. The predicted molar refractivity (Wildman–Crippen MR) is 156 cm³/mol. The molecule has 2 heterocycles. The van der Waals surface area contributed by atoms with Crippen LogP contribution >= 0.6 is 0 Å². The van der Waals surface area contributed by atoms with Crippen molar-refractivity contribution in [1.82, 2.24) is 4.57 Å². The number of carbonyl (C=O) groups is 1. The van der Waals surface area contributed by atoms with E-state index in [2.05, 4.69) is 53.3 Å². The Bertz CT molecular complexity index is 1970. The standard InChI is InChI=1S/C35H28N2O2/c1-35(2)26-19-18-21-12-8-9-15-23(21)32(26)37(4)28(35)20-25-33(38)30(34(25)39)29-24-16-10-11-17-27(24)36(3)31(29)22-13-6-5-7-14-22/h5-20H,1-4H3. The lowest BCUT2D eigenvalue weighted by atomic mass is 9.76. The zero-order valence-electron chi connectivity index (χ0n) is 22.4. The van der Waals surface area contributed by atoms with Crippen LogP contribution in [0, 0.1) is 0 Å². The number of Topliss-reactive ketones (excluding diaryl/α,β-unsaturated/α-hetero) is 1. The molecular formula is C35H28N2O2. The summed E-state index contributed by atoms with van der Waals surface area (Å²) >= 11 is 0. The normalized spacial score (nSPS) is 17.4. The van der Waals surface area contributed by atoms with Crippen molar-refractivity contribution in [2.75, 3.05) is 7.05 Å². The molecule has 0 spiro atoms. The van der Waals surface area contributed by atoms with Gasteiger partial charge in [0.2, 0.25) is 5.69 Å². The number of fused-ring (bicyclic) bond motifs is 4. The Morgan fingerprint density at radius 2 is 1.51 bits per heavy atom. The molecule has 0 amide bonds. The summed E-state index contributed by atoms with van der Waals surface area (Å²) in [6.07, 6.45) is 1.83. The van der Waals surface area contributed by atoms with Crippen molar-refractivity contribution in [2.45, 2.75) is 19.3 Å². The van der Waals surface area contributed by atoms with E-state index in [4.69, 9.17) is 0 Å². The summed E-state index contributed by atoms with van der Waals surface area (Å²) in [5, 5.41) is 17.1. The third kappa shape index (κ3) is 3.12. The topological polar surface area (TPSA) is 48.1 Å². The number of nitrogens with zero attached hydrogens (tertiary/aromatic N) is 2. The van der Waals surface area contributed by atoms with Crippen LogP contribution in [0.5, 0.6) is 0 Å². The maximum atomic E-state index is 13.8. The number of rotatable bonds is 3. The first-order valence-corrected chi connectivity index (χ1v) is 13.3. The monoisotopic (exact) mass is 508 g/mol. The summed E-state index contributed by atoms with van der Waals surface area (Å²) in [5.41, 5.74) is 7.03. The fraction of sp³-hybridized carbons (Fsp3) is 0.143. The Labute approximate surface area is 227 Å². The molecule has 1 aliphatic carbocycles. The Morgan fingerprint density at radius 1 is 0.846 bits per heavy atom. The molecule has 0 bridgehead atoms. The van der Waals surface area contributed by atoms with Gasteiger partial charge in [-0.2, -0.15) is 4.58 Å². The number of benzene rings is 4. The summed E-state index contributed by atoms with van der Waals surface area (Å²) in [5.74, 6) is -0.378. The molecule has 0 unspecified atom stereocenters. The molecule has 5 aromatic rings. The van der Waals surface area contributed by atoms with Crippen molar-refractivity contribution in [3.05, 3.63) is 120 Å². The molecule has 39 heavy (non-hydrogen) atoms. The number of para-hydroxylation sites is 1. The zero-order chi connectivity index (χ0) is 27.1. The lowest BCUT2D eigenvalue weighted by molar-refractivity contribution is -0.399. The van der Waals surface area contributed by atoms with Crippen molar-refractivity contribution in [3.8, 4) is 11.3 Å². The quantitative estimate of drug-likeness (QED) is 0.213. The van der Waals surface area contributed by atoms with Crippen LogP contribution in [-0.2, 0) is 17.3 Å². The second-order valence-corrected chi connectivity index (χ2v) is 11.0. The molecule has 4 aromatic carbocycles. The van der Waals surface area contributed by atoms with E-state index in [0.717, 1.165) is 39.1 Å². The number of aromatic nitrogens is 1. The van der Waals surface area contributed by atoms with Crippen molar-refractivity contribution < 1.29 is 14.5 Å². The largest absolute Gasteiger partial charge is 0.871 e. The molecule has 4 nitrogen and oxygen atoms in total. The van der Waals surface area contributed by atoms with Gasteiger partial charge in [-0.25, -0.2) is 0 Å². The first kappa shape index (κ1) is 23.4. The van der Waals surface area contributed by atoms with Crippen molar-refractivity contribution >= 4 is 44.4 Å². The second kappa shape index (κ2) is 8.15. The van der Waals surface area contributed by atoms with E-state index in [-0.39, 0.29) is 28.1 Å². The highest BCUT2D eigenvalue weighted by atomic mass is 16.3. The summed E-state index contributed by atoms with van der Waals surface area (Å²) in [7, 11) is 4.02. The third-order valence-electron chi connectivity index (χ3n) is 8.54. The molecule has 1 aromatic heterocycles. The number of allylic oxidation sites excluding steroid dienone is 3. The maximum absolute atomic E-state index is 13.8. The molecule has 0 N–H and O–H groups in total. The molecule has 0 saturated carbocycles. The predicted octanol–water partition coefficient (Wildman–Crippen LogP) is 6.29. The first-order chi connectivity index (χ1) is 18.8. The van der Waals surface area contributed by atoms with Crippen LogP contribution in [0.3, 0.4) is 0 Å². The lowest BCUT2D eigenvalue weighted by Crippen LogP contribution is -2.33. The van der Waals surface area contributed by atoms with Crippen molar-refractivity contribution in [1.29, 1.82) is 0 Å². The van der Waals surface area contributed by atoms with Gasteiger partial charge in [-0.05, 0) is 36.9 Å². The van der Waals surface area contributed by atoms with Gasteiger partial charge in [-0.15, -0.1) is 0 Å². The van der Waals surface area contributed by atoms with Gasteiger partial charge in [-0.3, -0.25) is 4.79 Å². The summed E-state index contributed by atoms with van der Waals surface area (Å²) in [6, 6.07) is 30.6. The molecule has 2 aliphatic rings. The lowest BCUT2D eigenvalue weighted by Gasteiger charge is -2.31. The molecule has 4 heteroatoms. The van der Waals surface area contributed by atoms with Gasteiger partial charge in [0.05, 0.1) is 16.5 Å². The molecule has 190 valence electrons. The maximum Gasteiger partial charge on any atom is 0.217 e. The number of ketones is 1. The highest BCUT2D eigenvalue weighted by Crippen LogP contribution is 2.47. The van der Waals surface area contributed by atoms with Gasteiger partial charge in [0.25, 0.3) is 0 Å². The fourth-order valence-corrected chi connectivity index (χ4v) is 6.56. The van der Waals surface area contributed by atoms with Crippen LogP contribution in [-0.4, -0.2) is 27.7 Å². The molecular weight excluding hydrogens is 480 g/mol. The van der Waals surface area contributed by atoms with Gasteiger partial charge in [0.1, 0.15) is 7.05 Å². The van der Waals surface area contributed by atoms with Gasteiger partial charge in [-0.1, -0.05) is 84.6 Å². The van der Waals surface area contributed by atoms with Gasteiger partial charge < -0.3 is 9.67 Å². The van der Waals surface area contributed by atoms with E-state index >= 15 is 0 Å². The Balaban J connectivity index is 1.42. The zero-order valence-corrected chi connectivity index (χ0v) is 22.4. The smallest absolute Gasteiger partial charge is 0.217 e. The Morgan fingerprint density at radius 3 is 2.26 bits per heavy atom. The SMILES string of the molecule is Cn1c(-c2ccccc2)c(C2=C([O-])C(=CC3=[N+](C)c4c(ccc5ccccc45)C3(C)C)C2=O)c2ccccc21.